The normalized spacial score (nSPS) is 12.6. The van der Waals surface area contributed by atoms with E-state index in [1.807, 2.05) is 0 Å². The Morgan fingerprint density at radius 1 is 0.256 bits per heavy atom. The summed E-state index contributed by atoms with van der Waals surface area (Å²) in [5.74, 6) is -0.952. The van der Waals surface area contributed by atoms with Crippen molar-refractivity contribution in [3.05, 3.63) is 85.1 Å². The lowest BCUT2D eigenvalue weighted by Crippen LogP contribution is -2.30. The molecule has 0 aromatic rings. The van der Waals surface area contributed by atoms with Crippen LogP contribution in [0, 0.1) is 0 Å². The first kappa shape index (κ1) is 78.6. The number of ether oxygens (including phenoxy) is 3. The van der Waals surface area contributed by atoms with Gasteiger partial charge in [-0.05, 0) is 109 Å². The molecule has 6 nitrogen and oxygen atoms in total. The van der Waals surface area contributed by atoms with Gasteiger partial charge < -0.3 is 14.2 Å². The Morgan fingerprint density at radius 3 is 0.793 bits per heavy atom. The molecular weight excluding hydrogens is 1010 g/mol. The third-order valence-corrected chi connectivity index (χ3v) is 15.6. The number of carbonyl (C=O) groups is 3. The van der Waals surface area contributed by atoms with Crippen molar-refractivity contribution in [3.63, 3.8) is 0 Å². The standard InChI is InChI=1S/C76H134O6/c1-4-7-10-13-16-19-22-25-28-30-31-32-33-34-35-36-37-38-39-40-41-42-43-44-45-47-48-51-54-57-60-63-66-69-75(78)81-72-73(71-80-74(77)68-65-62-59-56-53-50-27-24-21-18-15-12-9-6-3)82-76(79)70-67-64-61-58-55-52-49-46-29-26-23-20-17-14-11-8-5-2/h8,11,17,20,24,26-27,29-31,49,52,58,61,73H,4-7,9-10,12-16,18-19,21-23,25,28,32-48,50-51,53-57,59-60,62-72H2,1-3H3/b11-8-,20-17-,27-24-,29-26-,31-30-,52-49-,61-58-. The van der Waals surface area contributed by atoms with Gasteiger partial charge in [-0.25, -0.2) is 0 Å². The Labute approximate surface area is 509 Å². The van der Waals surface area contributed by atoms with Crippen molar-refractivity contribution in [2.75, 3.05) is 13.2 Å². The van der Waals surface area contributed by atoms with Gasteiger partial charge in [0.05, 0.1) is 0 Å². The summed E-state index contributed by atoms with van der Waals surface area (Å²) in [7, 11) is 0. The van der Waals surface area contributed by atoms with Crippen molar-refractivity contribution in [3.8, 4) is 0 Å². The second-order valence-electron chi connectivity index (χ2n) is 23.8. The van der Waals surface area contributed by atoms with Crippen LogP contribution in [0.15, 0.2) is 85.1 Å². The molecule has 0 aliphatic carbocycles. The molecule has 0 aliphatic heterocycles. The lowest BCUT2D eigenvalue weighted by atomic mass is 10.0. The lowest BCUT2D eigenvalue weighted by molar-refractivity contribution is -0.167. The molecule has 0 radical (unpaired) electrons. The Bertz CT molecular complexity index is 1550. The average molecular weight is 1140 g/mol. The third-order valence-electron chi connectivity index (χ3n) is 15.6. The number of allylic oxidation sites excluding steroid dienone is 14. The summed E-state index contributed by atoms with van der Waals surface area (Å²) < 4.78 is 16.9. The molecule has 82 heavy (non-hydrogen) atoms. The van der Waals surface area contributed by atoms with Crippen LogP contribution in [0.2, 0.25) is 0 Å². The molecule has 1 unspecified atom stereocenters. The Morgan fingerprint density at radius 2 is 0.488 bits per heavy atom. The van der Waals surface area contributed by atoms with E-state index in [1.165, 1.54) is 231 Å². The Balaban J connectivity index is 4.19. The smallest absolute Gasteiger partial charge is 0.306 e. The van der Waals surface area contributed by atoms with E-state index in [2.05, 4.69) is 106 Å². The summed E-state index contributed by atoms with van der Waals surface area (Å²) in [6.07, 6.45) is 93.6. The third kappa shape index (κ3) is 67.4. The molecule has 0 spiro atoms. The van der Waals surface area contributed by atoms with Gasteiger partial charge in [0.15, 0.2) is 6.10 Å². The van der Waals surface area contributed by atoms with Gasteiger partial charge >= 0.3 is 17.9 Å². The van der Waals surface area contributed by atoms with E-state index in [9.17, 15) is 14.4 Å². The van der Waals surface area contributed by atoms with Gasteiger partial charge in [0, 0.05) is 19.3 Å². The molecule has 0 N–H and O–H groups in total. The van der Waals surface area contributed by atoms with Crippen molar-refractivity contribution < 1.29 is 28.6 Å². The first-order valence-electron chi connectivity index (χ1n) is 35.6. The van der Waals surface area contributed by atoms with Crippen LogP contribution < -0.4 is 0 Å². The minimum Gasteiger partial charge on any atom is -0.462 e. The zero-order valence-corrected chi connectivity index (χ0v) is 54.5. The number of esters is 3. The van der Waals surface area contributed by atoms with E-state index in [4.69, 9.17) is 14.2 Å². The quantitative estimate of drug-likeness (QED) is 0.0261. The summed E-state index contributed by atoms with van der Waals surface area (Å²) in [5, 5.41) is 0. The molecule has 0 amide bonds. The molecule has 0 aromatic heterocycles. The second-order valence-corrected chi connectivity index (χ2v) is 23.8. The fraction of sp³-hybridized carbons (Fsp3) is 0.776. The van der Waals surface area contributed by atoms with E-state index in [1.54, 1.807) is 0 Å². The van der Waals surface area contributed by atoms with Gasteiger partial charge in [0.25, 0.3) is 0 Å². The second kappa shape index (κ2) is 70.1. The Hall–Kier alpha value is -3.41. The monoisotopic (exact) mass is 1140 g/mol. The van der Waals surface area contributed by atoms with E-state index in [-0.39, 0.29) is 37.5 Å². The molecular formula is C76H134O6. The van der Waals surface area contributed by atoms with Crippen LogP contribution >= 0.6 is 0 Å². The van der Waals surface area contributed by atoms with Crippen LogP contribution in [0.5, 0.6) is 0 Å². The molecule has 0 saturated heterocycles. The SMILES string of the molecule is CC/C=C\C/C=C\C/C=C\C/C=C\C/C=C\CCCC(=O)OC(COC(=O)CCCCCCC/C=C\CCCCCCC)COC(=O)CCCCCCCCCCCCCCCCCCCCCCC/C=C\CCCCCCCCCC. The van der Waals surface area contributed by atoms with Gasteiger partial charge in [-0.2, -0.15) is 0 Å². The highest BCUT2D eigenvalue weighted by molar-refractivity contribution is 5.71. The average Bonchev–Trinajstić information content (AvgIpc) is 3.48. The van der Waals surface area contributed by atoms with Crippen molar-refractivity contribution >= 4 is 17.9 Å². The van der Waals surface area contributed by atoms with Gasteiger partial charge in [-0.3, -0.25) is 14.4 Å². The van der Waals surface area contributed by atoms with Crippen LogP contribution in [0.1, 0.15) is 361 Å². The van der Waals surface area contributed by atoms with Crippen molar-refractivity contribution in [2.24, 2.45) is 0 Å². The fourth-order valence-electron chi connectivity index (χ4n) is 10.3. The van der Waals surface area contributed by atoms with E-state index >= 15 is 0 Å². The minimum absolute atomic E-state index is 0.0990. The van der Waals surface area contributed by atoms with Crippen molar-refractivity contribution in [2.45, 2.75) is 367 Å². The van der Waals surface area contributed by atoms with Gasteiger partial charge in [-0.1, -0.05) is 318 Å². The molecule has 0 rings (SSSR count). The van der Waals surface area contributed by atoms with Crippen LogP contribution in [-0.4, -0.2) is 37.2 Å². The summed E-state index contributed by atoms with van der Waals surface area (Å²) in [4.78, 5) is 38.3. The van der Waals surface area contributed by atoms with Crippen molar-refractivity contribution in [1.82, 2.24) is 0 Å². The maximum atomic E-state index is 12.9. The van der Waals surface area contributed by atoms with E-state index in [0.29, 0.717) is 19.3 Å². The molecule has 0 aliphatic rings. The van der Waals surface area contributed by atoms with Crippen LogP contribution in [-0.2, 0) is 28.6 Å². The topological polar surface area (TPSA) is 78.9 Å². The molecule has 0 fully saturated rings. The molecule has 6 heteroatoms. The number of unbranched alkanes of at least 4 members (excludes halogenated alkanes) is 40. The van der Waals surface area contributed by atoms with E-state index in [0.717, 1.165) is 83.5 Å². The van der Waals surface area contributed by atoms with E-state index < -0.39 is 6.10 Å². The molecule has 0 bridgehead atoms. The number of rotatable bonds is 65. The first-order chi connectivity index (χ1) is 40.5. The minimum atomic E-state index is -0.810. The van der Waals surface area contributed by atoms with Gasteiger partial charge in [0.1, 0.15) is 13.2 Å². The zero-order valence-electron chi connectivity index (χ0n) is 54.5. The fourth-order valence-corrected chi connectivity index (χ4v) is 10.3. The highest BCUT2D eigenvalue weighted by Crippen LogP contribution is 2.18. The predicted molar refractivity (Wildman–Crippen MR) is 358 cm³/mol. The zero-order chi connectivity index (χ0) is 59.2. The molecule has 474 valence electrons. The van der Waals surface area contributed by atoms with Crippen LogP contribution in [0.3, 0.4) is 0 Å². The number of carbonyl (C=O) groups excluding carboxylic acids is 3. The molecule has 0 saturated carbocycles. The van der Waals surface area contributed by atoms with Gasteiger partial charge in [0.2, 0.25) is 0 Å². The lowest BCUT2D eigenvalue weighted by Gasteiger charge is -2.18. The van der Waals surface area contributed by atoms with Gasteiger partial charge in [-0.15, -0.1) is 0 Å². The number of hydrogen-bond acceptors (Lipinski definition) is 6. The van der Waals surface area contributed by atoms with Crippen LogP contribution in [0.25, 0.3) is 0 Å². The van der Waals surface area contributed by atoms with Crippen LogP contribution in [0.4, 0.5) is 0 Å². The predicted octanol–water partition coefficient (Wildman–Crippen LogP) is 24.6. The summed E-state index contributed by atoms with van der Waals surface area (Å²) in [6.45, 7) is 6.50. The largest absolute Gasteiger partial charge is 0.462 e. The highest BCUT2D eigenvalue weighted by atomic mass is 16.6. The number of hydrogen-bond donors (Lipinski definition) is 0. The molecule has 1 atom stereocenters. The summed E-state index contributed by atoms with van der Waals surface area (Å²) in [6, 6.07) is 0. The molecule has 0 heterocycles. The maximum absolute atomic E-state index is 12.9. The Kier molecular flexibility index (Phi) is 67.2. The highest BCUT2D eigenvalue weighted by Gasteiger charge is 2.19. The maximum Gasteiger partial charge on any atom is 0.306 e. The first-order valence-corrected chi connectivity index (χ1v) is 35.6. The summed E-state index contributed by atoms with van der Waals surface area (Å²) >= 11 is 0. The molecule has 0 aromatic carbocycles. The summed E-state index contributed by atoms with van der Waals surface area (Å²) in [5.41, 5.74) is 0. The van der Waals surface area contributed by atoms with Crippen molar-refractivity contribution in [1.29, 1.82) is 0 Å².